The minimum absolute atomic E-state index is 0.341. The fourth-order valence-electron chi connectivity index (χ4n) is 0.718. The largest absolute Gasteiger partial charge is 0.468 e. The Balaban J connectivity index is 3.52. The lowest BCUT2D eigenvalue weighted by Gasteiger charge is -2.09. The Hall–Kier alpha value is -0.480. The minimum atomic E-state index is -0.491. The van der Waals surface area contributed by atoms with Crippen molar-refractivity contribution in [1.29, 1.82) is 0 Å². The molecule has 0 fully saturated rings. The lowest BCUT2D eigenvalue weighted by Crippen LogP contribution is -2.32. The van der Waals surface area contributed by atoms with Gasteiger partial charge in [0.1, 0.15) is 6.04 Å². The van der Waals surface area contributed by atoms with Gasteiger partial charge < -0.3 is 10.5 Å². The van der Waals surface area contributed by atoms with E-state index in [1.54, 1.807) is 11.8 Å². The zero-order valence-corrected chi connectivity index (χ0v) is 8.97. The highest BCUT2D eigenvalue weighted by Gasteiger charge is 2.12. The molecule has 0 rings (SSSR count). The molecule has 0 aromatic heterocycles. The maximum Gasteiger partial charge on any atom is 0.322 e. The number of thioether (sulfide) groups is 1. The van der Waals surface area contributed by atoms with E-state index in [9.17, 15) is 4.79 Å². The highest BCUT2D eigenvalue weighted by molar-refractivity contribution is 8.00. The average Bonchev–Trinajstić information content (AvgIpc) is 2.15. The summed E-state index contributed by atoms with van der Waals surface area (Å²) in [5, 5.41) is 0.407. The predicted molar refractivity (Wildman–Crippen MR) is 56.7 cm³/mol. The van der Waals surface area contributed by atoms with Crippen LogP contribution < -0.4 is 5.73 Å². The van der Waals surface area contributed by atoms with E-state index < -0.39 is 6.04 Å². The number of rotatable bonds is 6. The van der Waals surface area contributed by atoms with Gasteiger partial charge in [0.15, 0.2) is 0 Å². The normalized spacial score (nSPS) is 14.7. The van der Waals surface area contributed by atoms with E-state index in [2.05, 4.69) is 18.2 Å². The van der Waals surface area contributed by atoms with Gasteiger partial charge in [-0.3, -0.25) is 4.79 Å². The molecule has 0 aliphatic heterocycles. The van der Waals surface area contributed by atoms with Crippen LogP contribution in [0.1, 0.15) is 13.3 Å². The molecular weight excluding hydrogens is 186 g/mol. The number of esters is 1. The molecule has 76 valence electrons. The van der Waals surface area contributed by atoms with E-state index in [0.717, 1.165) is 5.75 Å². The maximum absolute atomic E-state index is 10.9. The molecule has 0 amide bonds. The van der Waals surface area contributed by atoms with Crippen LogP contribution in [0.15, 0.2) is 12.7 Å². The van der Waals surface area contributed by atoms with Crippen LogP contribution in [0.25, 0.3) is 0 Å². The average molecular weight is 203 g/mol. The molecule has 0 aliphatic rings. The van der Waals surface area contributed by atoms with E-state index >= 15 is 0 Å². The minimum Gasteiger partial charge on any atom is -0.468 e. The van der Waals surface area contributed by atoms with Crippen LogP contribution >= 0.6 is 11.8 Å². The Morgan fingerprint density at radius 3 is 2.85 bits per heavy atom. The van der Waals surface area contributed by atoms with Crippen LogP contribution in [-0.4, -0.2) is 30.1 Å². The number of nitrogens with two attached hydrogens (primary N) is 1. The second-order valence-corrected chi connectivity index (χ2v) is 4.22. The maximum atomic E-state index is 10.9. The van der Waals surface area contributed by atoms with Gasteiger partial charge >= 0.3 is 5.97 Å². The van der Waals surface area contributed by atoms with Gasteiger partial charge in [-0.15, -0.1) is 6.58 Å². The van der Waals surface area contributed by atoms with Gasteiger partial charge in [0.2, 0.25) is 0 Å². The molecule has 2 N–H and O–H groups in total. The lowest BCUT2D eigenvalue weighted by molar-refractivity contribution is -0.142. The first-order chi connectivity index (χ1) is 6.11. The molecule has 0 aromatic rings. The quantitative estimate of drug-likeness (QED) is 0.520. The van der Waals surface area contributed by atoms with Crippen molar-refractivity contribution in [3.63, 3.8) is 0 Å². The summed E-state index contributed by atoms with van der Waals surface area (Å²) in [7, 11) is 1.35. The molecule has 0 bridgehead atoms. The third-order valence-corrected chi connectivity index (χ3v) is 2.84. The van der Waals surface area contributed by atoms with E-state index in [-0.39, 0.29) is 5.97 Å². The van der Waals surface area contributed by atoms with Crippen molar-refractivity contribution in [1.82, 2.24) is 0 Å². The molecule has 0 saturated heterocycles. The number of carbonyl (C=O) groups is 1. The number of ether oxygens (including phenoxy) is 1. The van der Waals surface area contributed by atoms with Crippen molar-refractivity contribution in [2.24, 2.45) is 5.73 Å². The van der Waals surface area contributed by atoms with Crippen molar-refractivity contribution >= 4 is 17.7 Å². The molecule has 13 heavy (non-hydrogen) atoms. The van der Waals surface area contributed by atoms with Crippen LogP contribution in [0.2, 0.25) is 0 Å². The molecular formula is C9H17NO2S. The third kappa shape index (κ3) is 5.71. The van der Waals surface area contributed by atoms with E-state index in [1.165, 1.54) is 7.11 Å². The van der Waals surface area contributed by atoms with Crippen molar-refractivity contribution < 1.29 is 9.53 Å². The molecule has 0 saturated carbocycles. The highest BCUT2D eigenvalue weighted by atomic mass is 32.2. The van der Waals surface area contributed by atoms with Crippen LogP contribution in [0, 0.1) is 0 Å². The summed E-state index contributed by atoms with van der Waals surface area (Å²) in [6.45, 7) is 5.72. The molecule has 0 spiro atoms. The van der Waals surface area contributed by atoms with Gasteiger partial charge in [0.05, 0.1) is 7.11 Å². The number of hydrogen-bond acceptors (Lipinski definition) is 4. The Morgan fingerprint density at radius 2 is 2.38 bits per heavy atom. The monoisotopic (exact) mass is 203 g/mol. The second kappa shape index (κ2) is 6.97. The van der Waals surface area contributed by atoms with Gasteiger partial charge in [0, 0.05) is 5.25 Å². The topological polar surface area (TPSA) is 52.3 Å². The van der Waals surface area contributed by atoms with Gasteiger partial charge in [-0.2, -0.15) is 11.8 Å². The standard InChI is InChI=1S/C9H17NO2S/c1-4-7(2)13-6-5-8(10)9(11)12-3/h4,7-8H,1,5-6,10H2,2-3H3. The molecule has 0 aromatic carbocycles. The van der Waals surface area contributed by atoms with Crippen molar-refractivity contribution in [2.75, 3.05) is 12.9 Å². The Morgan fingerprint density at radius 1 is 1.77 bits per heavy atom. The lowest BCUT2D eigenvalue weighted by atomic mass is 10.2. The Bertz CT molecular complexity index is 173. The predicted octanol–water partition coefficient (Wildman–Crippen LogP) is 1.18. The number of carbonyl (C=O) groups excluding carboxylic acids is 1. The van der Waals surface area contributed by atoms with Crippen LogP contribution in [0.3, 0.4) is 0 Å². The molecule has 0 aliphatic carbocycles. The number of methoxy groups -OCH3 is 1. The van der Waals surface area contributed by atoms with E-state index in [4.69, 9.17) is 5.73 Å². The summed E-state index contributed by atoms with van der Waals surface area (Å²) in [6.07, 6.45) is 2.52. The Labute approximate surface area is 83.7 Å². The zero-order chi connectivity index (χ0) is 10.3. The van der Waals surface area contributed by atoms with Gasteiger partial charge in [-0.1, -0.05) is 6.08 Å². The van der Waals surface area contributed by atoms with Crippen molar-refractivity contribution in [3.8, 4) is 0 Å². The SMILES string of the molecule is C=CC(C)SCCC(N)C(=O)OC. The van der Waals surface area contributed by atoms with Gasteiger partial charge in [0.25, 0.3) is 0 Å². The summed E-state index contributed by atoms with van der Waals surface area (Å²) < 4.78 is 4.50. The van der Waals surface area contributed by atoms with Crippen molar-refractivity contribution in [3.05, 3.63) is 12.7 Å². The van der Waals surface area contributed by atoms with Crippen molar-refractivity contribution in [2.45, 2.75) is 24.6 Å². The number of hydrogen-bond donors (Lipinski definition) is 1. The fraction of sp³-hybridized carbons (Fsp3) is 0.667. The summed E-state index contributed by atoms with van der Waals surface area (Å²) in [4.78, 5) is 10.9. The molecule has 0 heterocycles. The second-order valence-electron chi connectivity index (χ2n) is 2.73. The first-order valence-corrected chi connectivity index (χ1v) is 5.24. The van der Waals surface area contributed by atoms with E-state index in [1.807, 2.05) is 6.08 Å². The molecule has 4 heteroatoms. The third-order valence-electron chi connectivity index (χ3n) is 1.65. The van der Waals surface area contributed by atoms with Crippen LogP contribution in [-0.2, 0) is 9.53 Å². The summed E-state index contributed by atoms with van der Waals surface area (Å²) in [6, 6.07) is -0.491. The van der Waals surface area contributed by atoms with E-state index in [0.29, 0.717) is 11.7 Å². The molecule has 2 atom stereocenters. The summed E-state index contributed by atoms with van der Waals surface area (Å²) >= 11 is 1.73. The van der Waals surface area contributed by atoms with Gasteiger partial charge in [-0.05, 0) is 19.1 Å². The summed E-state index contributed by atoms with van der Waals surface area (Å²) in [5.41, 5.74) is 5.54. The molecule has 0 radical (unpaired) electrons. The molecule has 2 unspecified atom stereocenters. The van der Waals surface area contributed by atoms with Crippen LogP contribution in [0.4, 0.5) is 0 Å². The Kier molecular flexibility index (Phi) is 6.72. The van der Waals surface area contributed by atoms with Crippen LogP contribution in [0.5, 0.6) is 0 Å². The zero-order valence-electron chi connectivity index (χ0n) is 8.16. The molecule has 3 nitrogen and oxygen atoms in total. The fourth-order valence-corrected chi connectivity index (χ4v) is 1.62. The summed E-state index contributed by atoms with van der Waals surface area (Å²) in [5.74, 6) is 0.510. The first kappa shape index (κ1) is 12.5. The smallest absolute Gasteiger partial charge is 0.322 e. The first-order valence-electron chi connectivity index (χ1n) is 4.19. The van der Waals surface area contributed by atoms with Gasteiger partial charge in [-0.25, -0.2) is 0 Å². The highest BCUT2D eigenvalue weighted by Crippen LogP contribution is 2.12.